The van der Waals surface area contributed by atoms with E-state index in [4.69, 9.17) is 4.98 Å². The lowest BCUT2D eigenvalue weighted by atomic mass is 9.71. The van der Waals surface area contributed by atoms with Crippen molar-refractivity contribution >= 4 is 17.7 Å². The zero-order chi connectivity index (χ0) is 22.0. The Morgan fingerprint density at radius 3 is 2.56 bits per heavy atom. The van der Waals surface area contributed by atoms with Crippen molar-refractivity contribution in [2.75, 3.05) is 19.6 Å². The van der Waals surface area contributed by atoms with Gasteiger partial charge in [0.05, 0.1) is 5.69 Å². The van der Waals surface area contributed by atoms with E-state index in [0.29, 0.717) is 18.5 Å². The van der Waals surface area contributed by atoms with Crippen LogP contribution in [0.4, 0.5) is 0 Å². The number of imide groups is 1. The average Bonchev–Trinajstić information content (AvgIpc) is 3.35. The quantitative estimate of drug-likeness (QED) is 0.743. The van der Waals surface area contributed by atoms with E-state index in [1.807, 2.05) is 18.2 Å². The molecule has 0 spiro atoms. The zero-order valence-electron chi connectivity index (χ0n) is 18.3. The van der Waals surface area contributed by atoms with Crippen molar-refractivity contribution in [3.8, 4) is 11.3 Å². The zero-order valence-corrected chi connectivity index (χ0v) is 18.3. The second-order valence-corrected chi connectivity index (χ2v) is 9.70. The van der Waals surface area contributed by atoms with Gasteiger partial charge in [-0.05, 0) is 63.0 Å². The fourth-order valence-corrected chi connectivity index (χ4v) is 5.99. The molecule has 8 heteroatoms. The van der Waals surface area contributed by atoms with Crippen LogP contribution in [0.1, 0.15) is 53.8 Å². The monoisotopic (exact) mass is 433 g/mol. The molecule has 0 radical (unpaired) electrons. The van der Waals surface area contributed by atoms with Gasteiger partial charge in [-0.3, -0.25) is 19.7 Å². The Bertz CT molecular complexity index is 1130. The summed E-state index contributed by atoms with van der Waals surface area (Å²) in [6.45, 7) is 3.84. The van der Waals surface area contributed by atoms with Gasteiger partial charge < -0.3 is 14.4 Å². The molecule has 4 saturated heterocycles. The molecule has 8 nitrogen and oxygen atoms in total. The van der Waals surface area contributed by atoms with Gasteiger partial charge >= 0.3 is 0 Å². The molecule has 1 unspecified atom stereocenters. The molecule has 3 amide bonds. The van der Waals surface area contributed by atoms with Crippen molar-refractivity contribution in [2.45, 2.75) is 50.1 Å². The standard InChI is InChI=1S/C24H27N5O3/c1-27-14-18(25-23(27)24-6-9-28(10-7-24)11-8-24)15-2-3-17-16(12-15)13-29(22(17)32)19-4-5-20(30)26-21(19)31/h2-3,12,14,19H,4-11,13H2,1H3,(H,26,30,31). The summed E-state index contributed by atoms with van der Waals surface area (Å²) in [6.07, 6.45) is 6.23. The van der Waals surface area contributed by atoms with Crippen molar-refractivity contribution in [3.63, 3.8) is 0 Å². The fraction of sp³-hybridized carbons (Fsp3) is 0.500. The minimum absolute atomic E-state index is 0.143. The van der Waals surface area contributed by atoms with Gasteiger partial charge in [0.1, 0.15) is 11.9 Å². The fourth-order valence-electron chi connectivity index (χ4n) is 5.99. The number of carbonyl (C=O) groups excluding carboxylic acids is 3. The number of rotatable bonds is 3. The number of benzene rings is 1. The van der Waals surface area contributed by atoms with Crippen molar-refractivity contribution < 1.29 is 14.4 Å². The lowest BCUT2D eigenvalue weighted by Gasteiger charge is -2.47. The van der Waals surface area contributed by atoms with Gasteiger partial charge in [-0.2, -0.15) is 0 Å². The van der Waals surface area contributed by atoms with Crippen molar-refractivity contribution in [3.05, 3.63) is 41.3 Å². The van der Waals surface area contributed by atoms with Crippen molar-refractivity contribution in [2.24, 2.45) is 7.05 Å². The van der Waals surface area contributed by atoms with Crippen LogP contribution >= 0.6 is 0 Å². The maximum absolute atomic E-state index is 13.0. The highest BCUT2D eigenvalue weighted by molar-refractivity contribution is 6.05. The molecule has 0 saturated carbocycles. The van der Waals surface area contributed by atoms with Crippen molar-refractivity contribution in [1.29, 1.82) is 0 Å². The molecule has 5 aliphatic rings. The summed E-state index contributed by atoms with van der Waals surface area (Å²) < 4.78 is 2.18. The number of piperidine rings is 4. The first kappa shape index (κ1) is 19.7. The summed E-state index contributed by atoms with van der Waals surface area (Å²) in [4.78, 5) is 45.9. The van der Waals surface area contributed by atoms with E-state index in [-0.39, 0.29) is 29.6 Å². The Kier molecular flexibility index (Phi) is 4.30. The molecular formula is C24H27N5O3. The summed E-state index contributed by atoms with van der Waals surface area (Å²) in [6, 6.07) is 5.25. The van der Waals surface area contributed by atoms with Crippen LogP contribution in [0.3, 0.4) is 0 Å². The number of nitrogens with zero attached hydrogens (tertiary/aromatic N) is 4. The second kappa shape index (κ2) is 7.00. The molecular weight excluding hydrogens is 406 g/mol. The molecule has 32 heavy (non-hydrogen) atoms. The lowest BCUT2D eigenvalue weighted by Crippen LogP contribution is -2.52. The number of nitrogens with one attached hydrogen (secondary N) is 1. The lowest BCUT2D eigenvalue weighted by molar-refractivity contribution is -0.136. The van der Waals surface area contributed by atoms with E-state index in [9.17, 15) is 14.4 Å². The third kappa shape index (κ3) is 2.92. The molecule has 1 aromatic heterocycles. The minimum atomic E-state index is -0.589. The topological polar surface area (TPSA) is 87.5 Å². The first-order chi connectivity index (χ1) is 15.4. The van der Waals surface area contributed by atoms with Crippen LogP contribution in [0.5, 0.6) is 0 Å². The average molecular weight is 434 g/mol. The summed E-state index contributed by atoms with van der Waals surface area (Å²) >= 11 is 0. The summed E-state index contributed by atoms with van der Waals surface area (Å²) in [7, 11) is 2.09. The Hall–Kier alpha value is -3.00. The highest BCUT2D eigenvalue weighted by Gasteiger charge is 2.44. The van der Waals surface area contributed by atoms with Crippen molar-refractivity contribution in [1.82, 2.24) is 24.7 Å². The van der Waals surface area contributed by atoms with Crippen LogP contribution in [-0.2, 0) is 28.6 Å². The van der Waals surface area contributed by atoms with E-state index in [1.54, 1.807) is 4.90 Å². The van der Waals surface area contributed by atoms with E-state index < -0.39 is 6.04 Å². The van der Waals surface area contributed by atoms with E-state index >= 15 is 0 Å². The molecule has 7 rings (SSSR count). The number of aryl methyl sites for hydroxylation is 1. The van der Waals surface area contributed by atoms with Crippen LogP contribution in [0.25, 0.3) is 11.3 Å². The predicted octanol–water partition coefficient (Wildman–Crippen LogP) is 1.59. The summed E-state index contributed by atoms with van der Waals surface area (Å²) in [5.41, 5.74) is 3.64. The van der Waals surface area contributed by atoms with Gasteiger partial charge in [0.25, 0.3) is 5.91 Å². The van der Waals surface area contributed by atoms with E-state index in [1.165, 1.54) is 5.82 Å². The minimum Gasteiger partial charge on any atom is -0.337 e. The van der Waals surface area contributed by atoms with Gasteiger partial charge in [0.15, 0.2) is 0 Å². The van der Waals surface area contributed by atoms with Crippen LogP contribution in [0, 0.1) is 0 Å². The van der Waals surface area contributed by atoms with Gasteiger partial charge in [-0.15, -0.1) is 0 Å². The van der Waals surface area contributed by atoms with E-state index in [0.717, 1.165) is 55.7 Å². The molecule has 2 aromatic rings. The third-order valence-electron chi connectivity index (χ3n) is 7.89. The molecule has 2 bridgehead atoms. The number of aromatic nitrogens is 2. The molecule has 1 atom stereocenters. The number of imidazole rings is 1. The molecule has 0 aliphatic carbocycles. The first-order valence-corrected chi connectivity index (χ1v) is 11.5. The summed E-state index contributed by atoms with van der Waals surface area (Å²) in [5.74, 6) is 0.380. The molecule has 166 valence electrons. The SMILES string of the molecule is Cn1cc(-c2ccc3c(c2)CN(C2CCC(=O)NC2=O)C3=O)nc1C12CCN(CC1)CC2. The largest absolute Gasteiger partial charge is 0.337 e. The third-order valence-corrected chi connectivity index (χ3v) is 7.89. The van der Waals surface area contributed by atoms with Gasteiger partial charge in [-0.25, -0.2) is 4.98 Å². The van der Waals surface area contributed by atoms with Crippen LogP contribution < -0.4 is 5.32 Å². The Morgan fingerprint density at radius 2 is 1.84 bits per heavy atom. The van der Waals surface area contributed by atoms with Crippen LogP contribution in [0.15, 0.2) is 24.4 Å². The number of amides is 3. The number of fused-ring (bicyclic) bond motifs is 4. The molecule has 1 aromatic carbocycles. The number of hydrogen-bond donors (Lipinski definition) is 1. The normalized spacial score (nSPS) is 29.4. The molecule has 1 N–H and O–H groups in total. The molecule has 6 heterocycles. The smallest absolute Gasteiger partial charge is 0.255 e. The van der Waals surface area contributed by atoms with Gasteiger partial charge in [0.2, 0.25) is 11.8 Å². The maximum Gasteiger partial charge on any atom is 0.255 e. The maximum atomic E-state index is 13.0. The van der Waals surface area contributed by atoms with Crippen LogP contribution in [0.2, 0.25) is 0 Å². The van der Waals surface area contributed by atoms with E-state index in [2.05, 4.69) is 28.0 Å². The Labute approximate surface area is 186 Å². The highest BCUT2D eigenvalue weighted by Crippen LogP contribution is 2.43. The van der Waals surface area contributed by atoms with Crippen LogP contribution in [-0.4, -0.2) is 62.7 Å². The first-order valence-electron chi connectivity index (χ1n) is 11.5. The number of carbonyl (C=O) groups is 3. The summed E-state index contributed by atoms with van der Waals surface area (Å²) in [5, 5.41) is 2.36. The highest BCUT2D eigenvalue weighted by atomic mass is 16.2. The Balaban J connectivity index is 1.28. The second-order valence-electron chi connectivity index (χ2n) is 9.70. The predicted molar refractivity (Wildman–Crippen MR) is 117 cm³/mol. The molecule has 5 aliphatic heterocycles. The van der Waals surface area contributed by atoms with Gasteiger partial charge in [0, 0.05) is 42.8 Å². The molecule has 4 fully saturated rings. The Morgan fingerprint density at radius 1 is 1.09 bits per heavy atom. The van der Waals surface area contributed by atoms with Gasteiger partial charge in [-0.1, -0.05) is 6.07 Å². The number of hydrogen-bond acceptors (Lipinski definition) is 5.